The standard InChI is InChI=1S/C9H14N2O/c1-6(2)8(4-10)7-3-9(12)11-5-7/h6-8H,3,5H2,1-2H3,(H,11,12). The molecule has 1 N–H and O–H groups in total. The van der Waals surface area contributed by atoms with Crippen LogP contribution in [0.4, 0.5) is 0 Å². The second-order valence-electron chi connectivity index (χ2n) is 3.67. The van der Waals surface area contributed by atoms with E-state index >= 15 is 0 Å². The Balaban J connectivity index is 2.57. The first-order valence-corrected chi connectivity index (χ1v) is 4.31. The van der Waals surface area contributed by atoms with Gasteiger partial charge in [-0.25, -0.2) is 0 Å². The fourth-order valence-corrected chi connectivity index (χ4v) is 1.68. The van der Waals surface area contributed by atoms with Crippen molar-refractivity contribution < 1.29 is 4.79 Å². The molecule has 0 radical (unpaired) electrons. The molecular weight excluding hydrogens is 152 g/mol. The van der Waals surface area contributed by atoms with Crippen LogP contribution in [0.15, 0.2) is 0 Å². The van der Waals surface area contributed by atoms with Crippen molar-refractivity contribution in [2.45, 2.75) is 20.3 Å². The minimum Gasteiger partial charge on any atom is -0.356 e. The number of rotatable bonds is 2. The Morgan fingerprint density at radius 2 is 2.33 bits per heavy atom. The highest BCUT2D eigenvalue weighted by Gasteiger charge is 2.30. The summed E-state index contributed by atoms with van der Waals surface area (Å²) in [6.45, 7) is 4.72. The molecule has 0 aromatic carbocycles. The number of carbonyl (C=O) groups is 1. The molecule has 66 valence electrons. The fourth-order valence-electron chi connectivity index (χ4n) is 1.68. The lowest BCUT2D eigenvalue weighted by Gasteiger charge is -2.17. The molecule has 2 atom stereocenters. The van der Waals surface area contributed by atoms with Gasteiger partial charge in [0.25, 0.3) is 0 Å². The van der Waals surface area contributed by atoms with E-state index in [1.165, 1.54) is 0 Å². The average molecular weight is 166 g/mol. The first-order valence-electron chi connectivity index (χ1n) is 4.31. The molecule has 0 bridgehead atoms. The number of amides is 1. The van der Waals surface area contributed by atoms with Crippen molar-refractivity contribution in [2.75, 3.05) is 6.54 Å². The van der Waals surface area contributed by atoms with E-state index in [9.17, 15) is 4.79 Å². The van der Waals surface area contributed by atoms with E-state index in [1.807, 2.05) is 13.8 Å². The maximum absolute atomic E-state index is 10.9. The van der Waals surface area contributed by atoms with Crippen LogP contribution in [0.5, 0.6) is 0 Å². The molecule has 0 aromatic rings. The van der Waals surface area contributed by atoms with Gasteiger partial charge in [0.05, 0.1) is 12.0 Å². The first-order chi connectivity index (χ1) is 5.65. The third-order valence-electron chi connectivity index (χ3n) is 2.38. The van der Waals surface area contributed by atoms with E-state index in [0.29, 0.717) is 18.9 Å². The molecule has 1 rings (SSSR count). The van der Waals surface area contributed by atoms with Crippen molar-refractivity contribution in [3.05, 3.63) is 0 Å². The lowest BCUT2D eigenvalue weighted by molar-refractivity contribution is -0.119. The van der Waals surface area contributed by atoms with Gasteiger partial charge in [0, 0.05) is 18.9 Å². The second kappa shape index (κ2) is 3.57. The molecule has 0 aliphatic carbocycles. The van der Waals surface area contributed by atoms with Gasteiger partial charge >= 0.3 is 0 Å². The zero-order valence-corrected chi connectivity index (χ0v) is 7.50. The largest absolute Gasteiger partial charge is 0.356 e. The molecule has 1 fully saturated rings. The SMILES string of the molecule is CC(C)C(C#N)C1CNC(=O)C1. The Morgan fingerprint density at radius 1 is 1.67 bits per heavy atom. The van der Waals surface area contributed by atoms with Gasteiger partial charge in [-0.05, 0) is 5.92 Å². The zero-order chi connectivity index (χ0) is 9.14. The van der Waals surface area contributed by atoms with Crippen LogP contribution >= 0.6 is 0 Å². The molecule has 0 saturated carbocycles. The van der Waals surface area contributed by atoms with Crippen LogP contribution < -0.4 is 5.32 Å². The highest BCUT2D eigenvalue weighted by Crippen LogP contribution is 2.25. The molecule has 0 aromatic heterocycles. The van der Waals surface area contributed by atoms with Crippen molar-refractivity contribution in [1.29, 1.82) is 5.26 Å². The highest BCUT2D eigenvalue weighted by molar-refractivity contribution is 5.78. The van der Waals surface area contributed by atoms with Crippen LogP contribution in [0, 0.1) is 29.1 Å². The molecule has 1 amide bonds. The number of nitrogens with zero attached hydrogens (tertiary/aromatic N) is 1. The van der Waals surface area contributed by atoms with E-state index in [1.54, 1.807) is 0 Å². The third-order valence-corrected chi connectivity index (χ3v) is 2.38. The minimum absolute atomic E-state index is 0.0175. The number of hydrogen-bond acceptors (Lipinski definition) is 2. The molecule has 1 aliphatic rings. The van der Waals surface area contributed by atoms with Crippen LogP contribution in [0.3, 0.4) is 0 Å². The summed E-state index contributed by atoms with van der Waals surface area (Å²) in [4.78, 5) is 10.9. The van der Waals surface area contributed by atoms with Crippen molar-refractivity contribution >= 4 is 5.91 Å². The average Bonchev–Trinajstić information content (AvgIpc) is 2.37. The Labute approximate surface area is 72.8 Å². The number of nitriles is 1. The topological polar surface area (TPSA) is 52.9 Å². The van der Waals surface area contributed by atoms with Gasteiger partial charge in [0.1, 0.15) is 0 Å². The van der Waals surface area contributed by atoms with Gasteiger partial charge in [0.2, 0.25) is 5.91 Å². The van der Waals surface area contributed by atoms with Crippen molar-refractivity contribution in [1.82, 2.24) is 5.32 Å². The molecule has 0 spiro atoms. The summed E-state index contributed by atoms with van der Waals surface area (Å²) in [5.41, 5.74) is 0. The summed E-state index contributed by atoms with van der Waals surface area (Å²) in [6.07, 6.45) is 0.524. The first kappa shape index (κ1) is 9.05. The van der Waals surface area contributed by atoms with Gasteiger partial charge < -0.3 is 5.32 Å². The van der Waals surface area contributed by atoms with Crippen LogP contribution in [-0.4, -0.2) is 12.5 Å². The molecule has 2 unspecified atom stereocenters. The zero-order valence-electron chi connectivity index (χ0n) is 7.50. The third kappa shape index (κ3) is 1.76. The van der Waals surface area contributed by atoms with Gasteiger partial charge in [0.15, 0.2) is 0 Å². The Hall–Kier alpha value is -1.04. The lowest BCUT2D eigenvalue weighted by Crippen LogP contribution is -2.21. The summed E-state index contributed by atoms with van der Waals surface area (Å²) in [6, 6.07) is 2.27. The number of carbonyl (C=O) groups excluding carboxylic acids is 1. The van der Waals surface area contributed by atoms with E-state index in [0.717, 1.165) is 0 Å². The molecule has 1 saturated heterocycles. The normalized spacial score (nSPS) is 25.2. The van der Waals surface area contributed by atoms with Gasteiger partial charge in [-0.15, -0.1) is 0 Å². The Kier molecular flexibility index (Phi) is 2.69. The summed E-state index contributed by atoms with van der Waals surface area (Å²) < 4.78 is 0. The fraction of sp³-hybridized carbons (Fsp3) is 0.778. The van der Waals surface area contributed by atoms with Gasteiger partial charge in [-0.3, -0.25) is 4.79 Å². The summed E-state index contributed by atoms with van der Waals surface area (Å²) >= 11 is 0. The monoisotopic (exact) mass is 166 g/mol. The summed E-state index contributed by atoms with van der Waals surface area (Å²) in [5.74, 6) is 0.667. The Morgan fingerprint density at radius 3 is 2.67 bits per heavy atom. The predicted molar refractivity (Wildman–Crippen MR) is 45.1 cm³/mol. The second-order valence-corrected chi connectivity index (χ2v) is 3.67. The van der Waals surface area contributed by atoms with Crippen molar-refractivity contribution in [3.63, 3.8) is 0 Å². The summed E-state index contributed by atoms with van der Waals surface area (Å²) in [5, 5.41) is 11.6. The smallest absolute Gasteiger partial charge is 0.220 e. The molecule has 12 heavy (non-hydrogen) atoms. The van der Waals surface area contributed by atoms with Crippen LogP contribution in [0.1, 0.15) is 20.3 Å². The van der Waals surface area contributed by atoms with E-state index < -0.39 is 0 Å². The van der Waals surface area contributed by atoms with Crippen molar-refractivity contribution in [2.24, 2.45) is 17.8 Å². The van der Waals surface area contributed by atoms with Gasteiger partial charge in [-0.2, -0.15) is 5.26 Å². The quantitative estimate of drug-likeness (QED) is 0.663. The maximum Gasteiger partial charge on any atom is 0.220 e. The Bertz CT molecular complexity index is 217. The maximum atomic E-state index is 10.9. The molecular formula is C9H14N2O. The van der Waals surface area contributed by atoms with Crippen LogP contribution in [0.2, 0.25) is 0 Å². The van der Waals surface area contributed by atoms with Gasteiger partial charge in [-0.1, -0.05) is 13.8 Å². The van der Waals surface area contributed by atoms with Crippen LogP contribution in [0.25, 0.3) is 0 Å². The van der Waals surface area contributed by atoms with E-state index in [2.05, 4.69) is 11.4 Å². The van der Waals surface area contributed by atoms with E-state index in [-0.39, 0.29) is 17.7 Å². The molecule has 3 heteroatoms. The van der Waals surface area contributed by atoms with E-state index in [4.69, 9.17) is 5.26 Å². The highest BCUT2D eigenvalue weighted by atomic mass is 16.1. The molecule has 3 nitrogen and oxygen atoms in total. The predicted octanol–water partition coefficient (Wildman–Crippen LogP) is 0.918. The van der Waals surface area contributed by atoms with Crippen molar-refractivity contribution in [3.8, 4) is 6.07 Å². The minimum atomic E-state index is 0.0175. The lowest BCUT2D eigenvalue weighted by atomic mass is 9.84. The summed E-state index contributed by atoms with van der Waals surface area (Å²) in [7, 11) is 0. The number of hydrogen-bond donors (Lipinski definition) is 1. The number of nitrogens with one attached hydrogen (secondary N) is 1. The molecule has 1 heterocycles. The van der Waals surface area contributed by atoms with Crippen LogP contribution in [-0.2, 0) is 4.79 Å². The molecule has 1 aliphatic heterocycles.